The molecule has 0 bridgehead atoms. The molecule has 0 radical (unpaired) electrons. The van der Waals surface area contributed by atoms with E-state index in [1.54, 1.807) is 0 Å². The summed E-state index contributed by atoms with van der Waals surface area (Å²) in [5, 5.41) is 2.33. The molecule has 0 amide bonds. The number of carbonyl (C=O) groups excluding carboxylic acids is 4. The van der Waals surface area contributed by atoms with Gasteiger partial charge in [0.15, 0.2) is 0 Å². The molecule has 0 fully saturated rings. The number of rotatable bonds is 12. The van der Waals surface area contributed by atoms with Crippen LogP contribution in [-0.4, -0.2) is 94.8 Å². The fraction of sp³-hybridized carbons (Fsp3) is 0.667. The van der Waals surface area contributed by atoms with Crippen molar-refractivity contribution in [3.63, 3.8) is 0 Å². The predicted octanol–water partition coefficient (Wildman–Crippen LogP) is -1.55. The van der Waals surface area contributed by atoms with Gasteiger partial charge in [-0.1, -0.05) is 50.6 Å². The van der Waals surface area contributed by atoms with Crippen molar-refractivity contribution in [1.29, 1.82) is 0 Å². The predicted molar refractivity (Wildman–Crippen MR) is 132 cm³/mol. The SMILES string of the molecule is C[SiH2]C(=O)[SiH2]C[SiH2]C(=O)[SiH2]C.C[SiH2]C(=O)[SiH2]C[SiH2]C(=O)[Si](C)(C)C. The van der Waals surface area contributed by atoms with E-state index in [0.29, 0.717) is 20.1 Å². The van der Waals surface area contributed by atoms with Crippen molar-refractivity contribution in [2.45, 2.75) is 50.6 Å². The van der Waals surface area contributed by atoms with Gasteiger partial charge in [-0.3, -0.25) is 0 Å². The summed E-state index contributed by atoms with van der Waals surface area (Å²) in [6.45, 7) is 12.5. The Morgan fingerprint density at radius 3 is 1.17 bits per heavy atom. The first-order valence-electron chi connectivity index (χ1n) is 9.16. The molecule has 24 heavy (non-hydrogen) atoms. The normalized spacial score (nSPS) is 14.1. The van der Waals surface area contributed by atoms with Crippen molar-refractivity contribution >= 4 is 94.8 Å². The van der Waals surface area contributed by atoms with Crippen molar-refractivity contribution in [1.82, 2.24) is 0 Å². The van der Waals surface area contributed by atoms with Gasteiger partial charge in [-0.25, -0.2) is 0 Å². The van der Waals surface area contributed by atoms with Gasteiger partial charge in [-0.15, -0.1) is 0 Å². The quantitative estimate of drug-likeness (QED) is 0.325. The number of carbonyl (C=O) groups is 4. The zero-order valence-electron chi connectivity index (χ0n) is 16.5. The van der Waals surface area contributed by atoms with Crippen LogP contribution in [0, 0.1) is 0 Å². The van der Waals surface area contributed by atoms with Crippen molar-refractivity contribution < 1.29 is 19.2 Å². The third-order valence-corrected chi connectivity index (χ3v) is 27.2. The van der Waals surface area contributed by atoms with Gasteiger partial charge >= 0.3 is 0 Å². The largest absolute Gasteiger partial charge is 0.312 e. The number of hydrogen-bond donors (Lipinski definition) is 0. The minimum Gasteiger partial charge on any atom is -0.312 e. The number of hydrogen-bond acceptors (Lipinski definition) is 4. The topological polar surface area (TPSA) is 68.3 Å². The van der Waals surface area contributed by atoms with E-state index in [1.165, 1.54) is 0 Å². The molecular formula is C12H36O4Si8. The summed E-state index contributed by atoms with van der Waals surface area (Å²) in [5.74, 6) is 0. The molecule has 0 N–H and O–H groups in total. The maximum Gasteiger partial charge on any atom is 0.116 e. The lowest BCUT2D eigenvalue weighted by Crippen LogP contribution is -2.37. The standard InChI is InChI=1S/C7H20O2Si4.C5H16O2Si4/c1-10-6(8)11-5-12-7(9)13(2,3)4;1-8-4(6)10-3-11-5(7)9-2/h5,10-12H2,1-4H3;3,8-11H2,1-2H3. The Morgan fingerprint density at radius 2 is 0.917 bits per heavy atom. The van der Waals surface area contributed by atoms with Gasteiger partial charge in [0, 0.05) is 0 Å². The molecule has 0 aliphatic carbocycles. The first-order chi connectivity index (χ1) is 11.1. The van der Waals surface area contributed by atoms with Gasteiger partial charge in [0.05, 0.1) is 86.8 Å². The minimum atomic E-state index is -1.50. The maximum atomic E-state index is 11.6. The minimum absolute atomic E-state index is 0.368. The van der Waals surface area contributed by atoms with E-state index >= 15 is 0 Å². The van der Waals surface area contributed by atoms with Crippen LogP contribution in [0.1, 0.15) is 0 Å². The van der Waals surface area contributed by atoms with Gasteiger partial charge in [-0.2, -0.15) is 0 Å². The summed E-state index contributed by atoms with van der Waals surface area (Å²) in [4.78, 5) is 44.5. The average molecular weight is 469 g/mol. The van der Waals surface area contributed by atoms with Crippen LogP contribution in [0.2, 0.25) is 50.6 Å². The Balaban J connectivity index is 0. The van der Waals surface area contributed by atoms with Gasteiger partial charge in [0.25, 0.3) is 0 Å². The molecule has 0 spiro atoms. The first-order valence-corrected chi connectivity index (χ1v) is 25.9. The Hall–Kier alpha value is 0.415. The molecule has 0 saturated carbocycles. The van der Waals surface area contributed by atoms with Crippen LogP contribution in [-0.2, 0) is 0 Å². The fourth-order valence-electron chi connectivity index (χ4n) is 1.83. The van der Waals surface area contributed by atoms with E-state index < -0.39 is 55.7 Å². The lowest BCUT2D eigenvalue weighted by atomic mass is 11.7. The lowest BCUT2D eigenvalue weighted by Gasteiger charge is -2.12. The Kier molecular flexibility index (Phi) is 17.4. The van der Waals surface area contributed by atoms with Crippen LogP contribution in [0.5, 0.6) is 0 Å². The molecule has 0 aliphatic heterocycles. The summed E-state index contributed by atoms with van der Waals surface area (Å²) in [6, 6.07) is 0. The molecule has 4 nitrogen and oxygen atoms in total. The Morgan fingerprint density at radius 1 is 0.625 bits per heavy atom. The molecule has 12 heteroatoms. The molecule has 0 aromatic rings. The molecule has 140 valence electrons. The van der Waals surface area contributed by atoms with Crippen molar-refractivity contribution in [3.8, 4) is 0 Å². The Labute approximate surface area is 164 Å². The average Bonchev–Trinajstić information content (AvgIpc) is 2.53. The molecular weight excluding hydrogens is 433 g/mol. The fourth-order valence-corrected chi connectivity index (χ4v) is 24.8. The van der Waals surface area contributed by atoms with Gasteiger partial charge in [0.1, 0.15) is 8.07 Å². The third kappa shape index (κ3) is 17.2. The summed E-state index contributed by atoms with van der Waals surface area (Å²) < 4.78 is 0. The zero-order valence-corrected chi connectivity index (χ0v) is 27.4. The smallest absolute Gasteiger partial charge is 0.116 e. The molecule has 0 unspecified atom stereocenters. The second kappa shape index (κ2) is 15.7. The highest BCUT2D eigenvalue weighted by atomic mass is 28.4. The molecule has 0 aromatic carbocycles. The summed E-state index contributed by atoms with van der Waals surface area (Å²) >= 11 is 0. The molecule has 0 heterocycles. The van der Waals surface area contributed by atoms with Crippen molar-refractivity contribution in [3.05, 3.63) is 0 Å². The maximum absolute atomic E-state index is 11.6. The van der Waals surface area contributed by atoms with Crippen molar-refractivity contribution in [2.75, 3.05) is 0 Å². The second-order valence-corrected chi connectivity index (χ2v) is 31.0. The van der Waals surface area contributed by atoms with E-state index in [4.69, 9.17) is 0 Å². The van der Waals surface area contributed by atoms with Gasteiger partial charge < -0.3 is 19.2 Å². The third-order valence-electron chi connectivity index (χ3n) is 3.79. The van der Waals surface area contributed by atoms with Crippen LogP contribution in [0.3, 0.4) is 0 Å². The Bertz CT molecular complexity index is 406. The lowest BCUT2D eigenvalue weighted by molar-refractivity contribution is 0.272. The van der Waals surface area contributed by atoms with E-state index in [-0.39, 0.29) is 19.0 Å². The molecule has 0 saturated heterocycles. The van der Waals surface area contributed by atoms with E-state index in [0.717, 1.165) is 11.3 Å². The van der Waals surface area contributed by atoms with E-state index in [2.05, 4.69) is 26.2 Å². The van der Waals surface area contributed by atoms with Crippen LogP contribution >= 0.6 is 0 Å². The summed E-state index contributed by atoms with van der Waals surface area (Å²) in [7, 11) is -4.50. The summed E-state index contributed by atoms with van der Waals surface area (Å²) in [5.41, 5.74) is 2.14. The van der Waals surface area contributed by atoms with Gasteiger partial charge in [-0.05, 0) is 0 Å². The van der Waals surface area contributed by atoms with E-state index in [1.807, 2.05) is 13.1 Å². The van der Waals surface area contributed by atoms with Crippen LogP contribution in [0.15, 0.2) is 0 Å². The highest BCUT2D eigenvalue weighted by Gasteiger charge is 2.23. The second-order valence-electron chi connectivity index (χ2n) is 7.06. The summed E-state index contributed by atoms with van der Waals surface area (Å²) in [6.07, 6.45) is 0. The van der Waals surface area contributed by atoms with Gasteiger partial charge in [0.2, 0.25) is 0 Å². The van der Waals surface area contributed by atoms with Crippen molar-refractivity contribution in [2.24, 2.45) is 0 Å². The molecule has 0 aromatic heterocycles. The zero-order chi connectivity index (χ0) is 19.2. The van der Waals surface area contributed by atoms with Crippen LogP contribution in [0.4, 0.5) is 19.2 Å². The van der Waals surface area contributed by atoms with Crippen LogP contribution < -0.4 is 0 Å². The molecule has 0 aliphatic rings. The van der Waals surface area contributed by atoms with Crippen LogP contribution in [0.25, 0.3) is 0 Å². The highest BCUT2D eigenvalue weighted by molar-refractivity contribution is 7.22. The monoisotopic (exact) mass is 468 g/mol. The molecule has 0 atom stereocenters. The molecule has 0 rings (SSSR count). The first kappa shape index (κ1) is 26.6. The van der Waals surface area contributed by atoms with E-state index in [9.17, 15) is 19.2 Å². The highest BCUT2D eigenvalue weighted by Crippen LogP contribution is 2.03.